The van der Waals surface area contributed by atoms with Crippen LogP contribution in [-0.4, -0.2) is 0 Å². The molecule has 0 spiro atoms. The van der Waals surface area contributed by atoms with E-state index in [-0.39, 0.29) is 11.9 Å². The molecule has 2 nitrogen and oxygen atoms in total. The topological polar surface area (TPSA) is 38.0 Å². The average molecular weight is 345 g/mol. The number of hydrogen-bond acceptors (Lipinski definition) is 2. The molecule has 3 rings (SSSR count). The molecule has 0 aliphatic carbocycles. The fourth-order valence-electron chi connectivity index (χ4n) is 2.50. The van der Waals surface area contributed by atoms with Crippen LogP contribution in [0.3, 0.4) is 0 Å². The molecular formula is C17H14BrFN2. The third kappa shape index (κ3) is 2.70. The third-order valence-electron chi connectivity index (χ3n) is 3.57. The molecule has 0 aromatic heterocycles. The molecule has 3 aromatic rings. The first-order chi connectivity index (χ1) is 10.2. The summed E-state index contributed by atoms with van der Waals surface area (Å²) in [6.07, 6.45) is 0. The van der Waals surface area contributed by atoms with Crippen molar-refractivity contribution in [3.8, 4) is 0 Å². The van der Waals surface area contributed by atoms with Crippen molar-refractivity contribution >= 4 is 26.7 Å². The van der Waals surface area contributed by atoms with Crippen molar-refractivity contribution in [2.45, 2.75) is 6.04 Å². The van der Waals surface area contributed by atoms with Crippen LogP contribution in [0.25, 0.3) is 10.8 Å². The zero-order valence-corrected chi connectivity index (χ0v) is 12.8. The number of halogens is 2. The summed E-state index contributed by atoms with van der Waals surface area (Å²) in [5.74, 6) is 5.41. The Kier molecular flexibility index (Phi) is 4.01. The van der Waals surface area contributed by atoms with Gasteiger partial charge in [-0.3, -0.25) is 5.84 Å². The maximum atomic E-state index is 13.7. The van der Waals surface area contributed by atoms with E-state index in [4.69, 9.17) is 5.84 Å². The van der Waals surface area contributed by atoms with E-state index in [1.165, 1.54) is 6.07 Å². The van der Waals surface area contributed by atoms with Gasteiger partial charge in [-0.25, -0.2) is 9.82 Å². The van der Waals surface area contributed by atoms with Gasteiger partial charge >= 0.3 is 0 Å². The zero-order valence-electron chi connectivity index (χ0n) is 11.2. The van der Waals surface area contributed by atoms with Gasteiger partial charge in [0, 0.05) is 0 Å². The van der Waals surface area contributed by atoms with Gasteiger partial charge in [-0.05, 0) is 50.0 Å². The maximum Gasteiger partial charge on any atom is 0.137 e. The lowest BCUT2D eigenvalue weighted by Crippen LogP contribution is -2.29. The summed E-state index contributed by atoms with van der Waals surface area (Å²) in [5.41, 5.74) is 4.53. The SMILES string of the molecule is NNC(c1ccc2ccccc2c1)c1cccc(F)c1Br. The minimum Gasteiger partial charge on any atom is -0.271 e. The van der Waals surface area contributed by atoms with E-state index in [1.807, 2.05) is 36.4 Å². The summed E-state index contributed by atoms with van der Waals surface area (Å²) in [6, 6.07) is 18.9. The minimum absolute atomic E-state index is 0.278. The van der Waals surface area contributed by atoms with E-state index in [9.17, 15) is 4.39 Å². The number of hydrazine groups is 1. The lowest BCUT2D eigenvalue weighted by atomic mass is 9.96. The van der Waals surface area contributed by atoms with Crippen LogP contribution in [0.5, 0.6) is 0 Å². The Morgan fingerprint density at radius 3 is 2.48 bits per heavy atom. The average Bonchev–Trinajstić information content (AvgIpc) is 2.52. The van der Waals surface area contributed by atoms with Crippen LogP contribution >= 0.6 is 15.9 Å². The summed E-state index contributed by atoms with van der Waals surface area (Å²) in [7, 11) is 0. The normalized spacial score (nSPS) is 12.5. The second-order valence-electron chi connectivity index (χ2n) is 4.85. The predicted octanol–water partition coefficient (Wildman–Crippen LogP) is 4.29. The van der Waals surface area contributed by atoms with Crippen molar-refractivity contribution in [3.63, 3.8) is 0 Å². The van der Waals surface area contributed by atoms with Crippen LogP contribution < -0.4 is 11.3 Å². The highest BCUT2D eigenvalue weighted by atomic mass is 79.9. The van der Waals surface area contributed by atoms with Gasteiger partial charge in [0.15, 0.2) is 0 Å². The lowest BCUT2D eigenvalue weighted by Gasteiger charge is -2.19. The summed E-state index contributed by atoms with van der Waals surface area (Å²) in [6.45, 7) is 0. The summed E-state index contributed by atoms with van der Waals surface area (Å²) in [4.78, 5) is 0. The van der Waals surface area contributed by atoms with Crippen molar-refractivity contribution in [2.75, 3.05) is 0 Å². The van der Waals surface area contributed by atoms with E-state index in [1.54, 1.807) is 6.07 Å². The Bertz CT molecular complexity index is 789. The standard InChI is InChI=1S/C17H14BrFN2/c18-16-14(6-3-7-15(16)19)17(21-20)13-9-8-11-4-1-2-5-12(11)10-13/h1-10,17,21H,20H2. The molecule has 0 bridgehead atoms. The number of benzene rings is 3. The van der Waals surface area contributed by atoms with Crippen molar-refractivity contribution in [1.29, 1.82) is 0 Å². The van der Waals surface area contributed by atoms with Crippen LogP contribution in [0.4, 0.5) is 4.39 Å². The molecule has 0 aliphatic heterocycles. The Labute approximate surface area is 130 Å². The Balaban J connectivity index is 2.11. The number of fused-ring (bicyclic) bond motifs is 1. The van der Waals surface area contributed by atoms with Gasteiger partial charge in [0.2, 0.25) is 0 Å². The van der Waals surface area contributed by atoms with Crippen molar-refractivity contribution in [2.24, 2.45) is 5.84 Å². The number of nitrogens with two attached hydrogens (primary N) is 1. The number of hydrogen-bond donors (Lipinski definition) is 2. The van der Waals surface area contributed by atoms with E-state index < -0.39 is 0 Å². The molecule has 0 amide bonds. The molecule has 21 heavy (non-hydrogen) atoms. The van der Waals surface area contributed by atoms with E-state index in [0.29, 0.717) is 4.47 Å². The third-order valence-corrected chi connectivity index (χ3v) is 4.40. The summed E-state index contributed by atoms with van der Waals surface area (Å²) < 4.78 is 14.2. The van der Waals surface area contributed by atoms with Crippen molar-refractivity contribution < 1.29 is 4.39 Å². The molecule has 106 valence electrons. The number of rotatable bonds is 3. The van der Waals surface area contributed by atoms with Crippen LogP contribution in [0, 0.1) is 5.82 Å². The first kappa shape index (κ1) is 14.2. The van der Waals surface area contributed by atoms with Gasteiger partial charge in [-0.15, -0.1) is 0 Å². The molecule has 0 saturated heterocycles. The van der Waals surface area contributed by atoms with Gasteiger partial charge in [0.1, 0.15) is 5.82 Å². The van der Waals surface area contributed by atoms with Crippen molar-refractivity contribution in [3.05, 3.63) is 82.1 Å². The highest BCUT2D eigenvalue weighted by Crippen LogP contribution is 2.31. The molecule has 0 heterocycles. The maximum absolute atomic E-state index is 13.7. The Morgan fingerprint density at radius 1 is 0.952 bits per heavy atom. The van der Waals surface area contributed by atoms with Crippen LogP contribution in [0.2, 0.25) is 0 Å². The quantitative estimate of drug-likeness (QED) is 0.549. The number of nitrogens with one attached hydrogen (secondary N) is 1. The van der Waals surface area contributed by atoms with Crippen LogP contribution in [-0.2, 0) is 0 Å². The van der Waals surface area contributed by atoms with Gasteiger partial charge in [0.05, 0.1) is 10.5 Å². The zero-order chi connectivity index (χ0) is 14.8. The molecule has 0 aliphatic rings. The van der Waals surface area contributed by atoms with E-state index >= 15 is 0 Å². The van der Waals surface area contributed by atoms with Gasteiger partial charge in [-0.2, -0.15) is 0 Å². The summed E-state index contributed by atoms with van der Waals surface area (Å²) in [5, 5.41) is 2.29. The predicted molar refractivity (Wildman–Crippen MR) is 87.2 cm³/mol. The Hall–Kier alpha value is -1.75. The van der Waals surface area contributed by atoms with Crippen LogP contribution in [0.1, 0.15) is 17.2 Å². The molecule has 0 radical (unpaired) electrons. The minimum atomic E-state index is -0.298. The fourth-order valence-corrected chi connectivity index (χ4v) is 2.99. The molecular weight excluding hydrogens is 331 g/mol. The summed E-state index contributed by atoms with van der Waals surface area (Å²) >= 11 is 3.30. The second kappa shape index (κ2) is 5.93. The van der Waals surface area contributed by atoms with Crippen molar-refractivity contribution in [1.82, 2.24) is 5.43 Å². The first-order valence-corrected chi connectivity index (χ1v) is 7.39. The van der Waals surface area contributed by atoms with Gasteiger partial charge in [-0.1, -0.05) is 48.5 Å². The Morgan fingerprint density at radius 2 is 1.71 bits per heavy atom. The highest BCUT2D eigenvalue weighted by Gasteiger charge is 2.17. The lowest BCUT2D eigenvalue weighted by molar-refractivity contribution is 0.597. The van der Waals surface area contributed by atoms with E-state index in [2.05, 4.69) is 33.5 Å². The van der Waals surface area contributed by atoms with E-state index in [0.717, 1.165) is 21.9 Å². The molecule has 0 saturated carbocycles. The molecule has 0 fully saturated rings. The first-order valence-electron chi connectivity index (χ1n) is 6.59. The van der Waals surface area contributed by atoms with Gasteiger partial charge in [0.25, 0.3) is 0 Å². The van der Waals surface area contributed by atoms with Gasteiger partial charge < -0.3 is 0 Å². The monoisotopic (exact) mass is 344 g/mol. The smallest absolute Gasteiger partial charge is 0.137 e. The van der Waals surface area contributed by atoms with Crippen LogP contribution in [0.15, 0.2) is 65.1 Å². The molecule has 1 unspecified atom stereocenters. The second-order valence-corrected chi connectivity index (χ2v) is 5.64. The fraction of sp³-hybridized carbons (Fsp3) is 0.0588. The molecule has 1 atom stereocenters. The molecule has 4 heteroatoms. The molecule has 3 N–H and O–H groups in total. The largest absolute Gasteiger partial charge is 0.271 e. The molecule has 3 aromatic carbocycles. The highest BCUT2D eigenvalue weighted by molar-refractivity contribution is 9.10.